The van der Waals surface area contributed by atoms with Crippen molar-refractivity contribution in [2.24, 2.45) is 0 Å². The van der Waals surface area contributed by atoms with Crippen LogP contribution in [0.15, 0.2) is 30.6 Å². The van der Waals surface area contributed by atoms with Crippen molar-refractivity contribution in [2.75, 3.05) is 6.61 Å². The first kappa shape index (κ1) is 10.9. The van der Waals surface area contributed by atoms with Gasteiger partial charge in [0.15, 0.2) is 0 Å². The van der Waals surface area contributed by atoms with Crippen LogP contribution in [0.5, 0.6) is 5.75 Å². The minimum atomic E-state index is -4.17. The van der Waals surface area contributed by atoms with Gasteiger partial charge >= 0.3 is 6.18 Å². The fourth-order valence-electron chi connectivity index (χ4n) is 1.40. The molecule has 0 atom stereocenters. The zero-order valence-corrected chi connectivity index (χ0v) is 8.34. The molecule has 1 N–H and O–H groups in total. The number of fused-ring (bicyclic) bond motifs is 1. The Kier molecular flexibility index (Phi) is 2.77. The van der Waals surface area contributed by atoms with Gasteiger partial charge in [-0.05, 0) is 23.6 Å². The lowest BCUT2D eigenvalue weighted by atomic mass is 10.2. The molecular formula is C11H10F3NO. The van der Waals surface area contributed by atoms with Gasteiger partial charge in [-0.2, -0.15) is 13.2 Å². The normalized spacial score (nSPS) is 11.9. The summed E-state index contributed by atoms with van der Waals surface area (Å²) in [5, 5.41) is 1.92. The molecule has 86 valence electrons. The lowest BCUT2D eigenvalue weighted by Crippen LogP contribution is -2.12. The van der Waals surface area contributed by atoms with Crippen LogP contribution in [-0.4, -0.2) is 17.8 Å². The third-order valence-electron chi connectivity index (χ3n) is 2.19. The molecule has 0 spiro atoms. The molecule has 2 rings (SSSR count). The summed E-state index contributed by atoms with van der Waals surface area (Å²) in [6.45, 7) is -0.348. The Balaban J connectivity index is 1.99. The number of benzene rings is 1. The number of nitrogens with one attached hydrogen (secondary N) is 1. The molecule has 1 aromatic heterocycles. The van der Waals surface area contributed by atoms with E-state index in [0.717, 1.165) is 10.8 Å². The molecule has 0 radical (unpaired) electrons. The molecule has 2 aromatic rings. The van der Waals surface area contributed by atoms with E-state index in [1.54, 1.807) is 24.4 Å². The Morgan fingerprint density at radius 1 is 1.12 bits per heavy atom. The Bertz CT molecular complexity index is 475. The fourth-order valence-corrected chi connectivity index (χ4v) is 1.40. The van der Waals surface area contributed by atoms with E-state index in [2.05, 4.69) is 4.98 Å². The van der Waals surface area contributed by atoms with Crippen LogP contribution in [0.4, 0.5) is 13.2 Å². The lowest BCUT2D eigenvalue weighted by Gasteiger charge is -2.08. The maximum Gasteiger partial charge on any atom is 0.392 e. The van der Waals surface area contributed by atoms with Gasteiger partial charge in [-0.15, -0.1) is 0 Å². The van der Waals surface area contributed by atoms with Crippen LogP contribution in [0.3, 0.4) is 0 Å². The summed E-state index contributed by atoms with van der Waals surface area (Å²) in [5.41, 5.74) is 0. The molecule has 0 fully saturated rings. The smallest absolute Gasteiger partial charge is 0.392 e. The van der Waals surface area contributed by atoms with Crippen LogP contribution in [-0.2, 0) is 0 Å². The third kappa shape index (κ3) is 2.68. The number of hydrogen-bond donors (Lipinski definition) is 1. The molecule has 0 aliphatic carbocycles. The number of rotatable bonds is 3. The second kappa shape index (κ2) is 4.08. The maximum absolute atomic E-state index is 11.9. The monoisotopic (exact) mass is 229 g/mol. The first-order chi connectivity index (χ1) is 7.54. The van der Waals surface area contributed by atoms with E-state index in [1.807, 2.05) is 6.20 Å². The van der Waals surface area contributed by atoms with Crippen molar-refractivity contribution < 1.29 is 17.9 Å². The Hall–Kier alpha value is -1.65. The summed E-state index contributed by atoms with van der Waals surface area (Å²) in [4.78, 5) is 2.91. The minimum absolute atomic E-state index is 0.348. The SMILES string of the molecule is FC(F)(F)CCOc1ccc2c[nH]cc2c1. The van der Waals surface area contributed by atoms with Crippen molar-refractivity contribution >= 4 is 10.8 Å². The van der Waals surface area contributed by atoms with E-state index in [9.17, 15) is 13.2 Å². The van der Waals surface area contributed by atoms with Gasteiger partial charge in [-0.25, -0.2) is 0 Å². The van der Waals surface area contributed by atoms with Crippen molar-refractivity contribution in [1.82, 2.24) is 4.98 Å². The lowest BCUT2D eigenvalue weighted by molar-refractivity contribution is -0.139. The number of hydrogen-bond acceptors (Lipinski definition) is 1. The van der Waals surface area contributed by atoms with Crippen LogP contribution >= 0.6 is 0 Å². The van der Waals surface area contributed by atoms with Crippen molar-refractivity contribution in [3.05, 3.63) is 30.6 Å². The third-order valence-corrected chi connectivity index (χ3v) is 2.19. The molecule has 0 saturated heterocycles. The van der Waals surface area contributed by atoms with E-state index in [4.69, 9.17) is 4.74 Å². The van der Waals surface area contributed by atoms with Gasteiger partial charge in [0.1, 0.15) is 5.75 Å². The van der Waals surface area contributed by atoms with Crippen LogP contribution < -0.4 is 4.74 Å². The van der Waals surface area contributed by atoms with Crippen LogP contribution in [0, 0.1) is 0 Å². The van der Waals surface area contributed by atoms with Gasteiger partial charge < -0.3 is 9.72 Å². The molecule has 0 saturated carbocycles. The Labute approximate surface area is 90.0 Å². The molecule has 0 aliphatic rings. The van der Waals surface area contributed by atoms with E-state index in [-0.39, 0.29) is 6.61 Å². The average molecular weight is 229 g/mol. The number of ether oxygens (including phenoxy) is 1. The molecule has 0 unspecified atom stereocenters. The van der Waals surface area contributed by atoms with Crippen molar-refractivity contribution in [3.63, 3.8) is 0 Å². The van der Waals surface area contributed by atoms with E-state index >= 15 is 0 Å². The largest absolute Gasteiger partial charge is 0.493 e. The van der Waals surface area contributed by atoms with Gasteiger partial charge in [0.2, 0.25) is 0 Å². The summed E-state index contributed by atoms with van der Waals surface area (Å²) in [5.74, 6) is 0.455. The highest BCUT2D eigenvalue weighted by Crippen LogP contribution is 2.23. The van der Waals surface area contributed by atoms with E-state index < -0.39 is 12.6 Å². The Morgan fingerprint density at radius 3 is 2.62 bits per heavy atom. The summed E-state index contributed by atoms with van der Waals surface area (Å²) >= 11 is 0. The van der Waals surface area contributed by atoms with Gasteiger partial charge in [-0.1, -0.05) is 0 Å². The second-order valence-corrected chi connectivity index (χ2v) is 3.46. The molecule has 0 bridgehead atoms. The molecule has 0 amide bonds. The van der Waals surface area contributed by atoms with Crippen LogP contribution in [0.25, 0.3) is 10.8 Å². The number of H-pyrrole nitrogens is 1. The number of halogens is 3. The highest BCUT2D eigenvalue weighted by atomic mass is 19.4. The predicted octanol–water partition coefficient (Wildman–Crippen LogP) is 3.50. The molecule has 1 aromatic carbocycles. The molecule has 5 heteroatoms. The van der Waals surface area contributed by atoms with Gasteiger partial charge in [0, 0.05) is 17.8 Å². The number of alkyl halides is 3. The fraction of sp³-hybridized carbons (Fsp3) is 0.273. The maximum atomic E-state index is 11.9. The topological polar surface area (TPSA) is 25.0 Å². The van der Waals surface area contributed by atoms with E-state index in [1.165, 1.54) is 0 Å². The minimum Gasteiger partial charge on any atom is -0.493 e. The summed E-state index contributed by atoms with van der Waals surface area (Å²) < 4.78 is 40.7. The van der Waals surface area contributed by atoms with Gasteiger partial charge in [0.25, 0.3) is 0 Å². The molecule has 0 aliphatic heterocycles. The standard InChI is InChI=1S/C11H10F3NO/c12-11(13,14)3-4-16-10-2-1-8-6-15-7-9(8)5-10/h1-2,5-7,15H,3-4H2. The zero-order valence-electron chi connectivity index (χ0n) is 8.34. The predicted molar refractivity (Wildman–Crippen MR) is 54.5 cm³/mol. The first-order valence-electron chi connectivity index (χ1n) is 4.81. The first-order valence-corrected chi connectivity index (χ1v) is 4.81. The summed E-state index contributed by atoms with van der Waals surface area (Å²) in [6.07, 6.45) is -1.52. The quantitative estimate of drug-likeness (QED) is 0.856. The van der Waals surface area contributed by atoms with Gasteiger partial charge in [0.05, 0.1) is 13.0 Å². The Morgan fingerprint density at radius 2 is 1.88 bits per heavy atom. The van der Waals surface area contributed by atoms with Gasteiger partial charge in [-0.3, -0.25) is 0 Å². The zero-order chi connectivity index (χ0) is 11.6. The van der Waals surface area contributed by atoms with Crippen LogP contribution in [0.2, 0.25) is 0 Å². The van der Waals surface area contributed by atoms with E-state index in [0.29, 0.717) is 5.75 Å². The molecule has 2 nitrogen and oxygen atoms in total. The number of aromatic nitrogens is 1. The molecular weight excluding hydrogens is 219 g/mol. The highest BCUT2D eigenvalue weighted by Gasteiger charge is 2.26. The summed E-state index contributed by atoms with van der Waals surface area (Å²) in [6, 6.07) is 5.17. The highest BCUT2D eigenvalue weighted by molar-refractivity contribution is 5.83. The molecule has 1 heterocycles. The summed E-state index contributed by atoms with van der Waals surface area (Å²) in [7, 11) is 0. The average Bonchev–Trinajstić information content (AvgIpc) is 2.62. The van der Waals surface area contributed by atoms with Crippen molar-refractivity contribution in [3.8, 4) is 5.75 Å². The number of aromatic amines is 1. The molecule has 16 heavy (non-hydrogen) atoms. The van der Waals surface area contributed by atoms with Crippen molar-refractivity contribution in [1.29, 1.82) is 0 Å². The second-order valence-electron chi connectivity index (χ2n) is 3.46. The van der Waals surface area contributed by atoms with Crippen molar-refractivity contribution in [2.45, 2.75) is 12.6 Å². The van der Waals surface area contributed by atoms with Crippen LogP contribution in [0.1, 0.15) is 6.42 Å².